The molecule has 2 aromatic rings. The predicted octanol–water partition coefficient (Wildman–Crippen LogP) is 4.20. The summed E-state index contributed by atoms with van der Waals surface area (Å²) in [6.07, 6.45) is 2.19. The van der Waals surface area contributed by atoms with Gasteiger partial charge in [-0.1, -0.05) is 41.9 Å². The van der Waals surface area contributed by atoms with Crippen LogP contribution in [0.3, 0.4) is 0 Å². The smallest absolute Gasteiger partial charge is 0.319 e. The highest BCUT2D eigenvalue weighted by atomic mass is 35.5. The van der Waals surface area contributed by atoms with Crippen molar-refractivity contribution in [3.05, 3.63) is 59.1 Å². The molecule has 4 nitrogen and oxygen atoms in total. The Morgan fingerprint density at radius 2 is 1.96 bits per heavy atom. The first-order chi connectivity index (χ1) is 11.1. The molecule has 0 radical (unpaired) electrons. The number of rotatable bonds is 5. The number of carbonyl (C=O) groups is 1. The Kier molecular flexibility index (Phi) is 4.44. The molecule has 1 saturated carbocycles. The molecule has 0 aromatic heterocycles. The lowest BCUT2D eigenvalue weighted by molar-refractivity contribution is 0.251. The van der Waals surface area contributed by atoms with Crippen LogP contribution >= 0.6 is 11.6 Å². The van der Waals surface area contributed by atoms with E-state index >= 15 is 0 Å². The Balaban J connectivity index is 1.62. The molecule has 120 valence electrons. The molecule has 1 aliphatic rings. The molecule has 2 aromatic carbocycles. The van der Waals surface area contributed by atoms with E-state index in [1.165, 1.54) is 5.56 Å². The van der Waals surface area contributed by atoms with Crippen molar-refractivity contribution in [3.8, 4) is 5.75 Å². The van der Waals surface area contributed by atoms with Crippen LogP contribution < -0.4 is 15.4 Å². The minimum Gasteiger partial charge on any atom is -0.495 e. The van der Waals surface area contributed by atoms with Crippen molar-refractivity contribution < 1.29 is 9.53 Å². The third-order valence-electron chi connectivity index (χ3n) is 4.24. The molecule has 0 heterocycles. The summed E-state index contributed by atoms with van der Waals surface area (Å²) in [6.45, 7) is 0.617. The Labute approximate surface area is 140 Å². The summed E-state index contributed by atoms with van der Waals surface area (Å²) in [4.78, 5) is 12.2. The van der Waals surface area contributed by atoms with Crippen LogP contribution in [0.1, 0.15) is 18.4 Å². The van der Waals surface area contributed by atoms with Gasteiger partial charge in [-0.3, -0.25) is 0 Å². The van der Waals surface area contributed by atoms with Crippen LogP contribution in [0.25, 0.3) is 0 Å². The van der Waals surface area contributed by atoms with Crippen molar-refractivity contribution in [1.29, 1.82) is 0 Å². The Bertz CT molecular complexity index is 699. The summed E-state index contributed by atoms with van der Waals surface area (Å²) >= 11 is 5.97. The summed E-state index contributed by atoms with van der Waals surface area (Å²) in [5, 5.41) is 6.29. The molecule has 0 unspecified atom stereocenters. The largest absolute Gasteiger partial charge is 0.495 e. The Morgan fingerprint density at radius 1 is 1.22 bits per heavy atom. The third kappa shape index (κ3) is 3.59. The van der Waals surface area contributed by atoms with Crippen LogP contribution in [0.2, 0.25) is 5.02 Å². The molecule has 0 aliphatic heterocycles. The van der Waals surface area contributed by atoms with Crippen LogP contribution in [0.5, 0.6) is 5.75 Å². The second-order valence-corrected chi connectivity index (χ2v) is 6.24. The highest BCUT2D eigenvalue weighted by molar-refractivity contribution is 6.31. The molecule has 2 N–H and O–H groups in total. The zero-order chi connectivity index (χ0) is 16.3. The van der Waals surface area contributed by atoms with Gasteiger partial charge >= 0.3 is 6.03 Å². The predicted molar refractivity (Wildman–Crippen MR) is 92.4 cm³/mol. The van der Waals surface area contributed by atoms with E-state index < -0.39 is 0 Å². The zero-order valence-electron chi connectivity index (χ0n) is 12.9. The first kappa shape index (κ1) is 15.7. The Hall–Kier alpha value is -2.20. The molecule has 5 heteroatoms. The van der Waals surface area contributed by atoms with Gasteiger partial charge in [-0.25, -0.2) is 4.79 Å². The number of hydrogen-bond donors (Lipinski definition) is 2. The average molecular weight is 331 g/mol. The summed E-state index contributed by atoms with van der Waals surface area (Å²) < 4.78 is 5.23. The lowest BCUT2D eigenvalue weighted by atomic mass is 9.96. The van der Waals surface area contributed by atoms with Gasteiger partial charge in [0.15, 0.2) is 0 Å². The number of methoxy groups -OCH3 is 1. The molecule has 2 amide bonds. The van der Waals surface area contributed by atoms with E-state index in [1.807, 2.05) is 18.2 Å². The lowest BCUT2D eigenvalue weighted by Gasteiger charge is -2.17. The van der Waals surface area contributed by atoms with Crippen LogP contribution in [-0.2, 0) is 5.41 Å². The minimum absolute atomic E-state index is 0.0804. The fraction of sp³-hybridized carbons (Fsp3) is 0.278. The number of carbonyl (C=O) groups excluding carboxylic acids is 1. The van der Waals surface area contributed by atoms with Gasteiger partial charge in [0.05, 0.1) is 12.8 Å². The maximum atomic E-state index is 12.2. The summed E-state index contributed by atoms with van der Waals surface area (Å²) in [5.41, 5.74) is 1.92. The summed E-state index contributed by atoms with van der Waals surface area (Å²) in [6, 6.07) is 15.2. The van der Waals surface area contributed by atoms with Gasteiger partial charge < -0.3 is 15.4 Å². The van der Waals surface area contributed by atoms with Crippen molar-refractivity contribution >= 4 is 23.3 Å². The van der Waals surface area contributed by atoms with E-state index in [1.54, 1.807) is 25.3 Å². The second-order valence-electron chi connectivity index (χ2n) is 5.80. The normalized spacial score (nSPS) is 14.9. The van der Waals surface area contributed by atoms with Crippen LogP contribution in [0.15, 0.2) is 48.5 Å². The number of anilines is 1. The zero-order valence-corrected chi connectivity index (χ0v) is 13.7. The minimum atomic E-state index is -0.257. The van der Waals surface area contributed by atoms with E-state index in [2.05, 4.69) is 22.8 Å². The fourth-order valence-electron chi connectivity index (χ4n) is 2.70. The van der Waals surface area contributed by atoms with Gasteiger partial charge in [0.1, 0.15) is 5.75 Å². The van der Waals surface area contributed by atoms with E-state index in [-0.39, 0.29) is 11.4 Å². The van der Waals surface area contributed by atoms with E-state index in [9.17, 15) is 4.79 Å². The molecular formula is C18H19ClN2O2. The van der Waals surface area contributed by atoms with Crippen molar-refractivity contribution in [3.63, 3.8) is 0 Å². The van der Waals surface area contributed by atoms with Crippen molar-refractivity contribution in [2.75, 3.05) is 19.0 Å². The average Bonchev–Trinajstić information content (AvgIpc) is 3.35. The molecule has 1 aliphatic carbocycles. The number of urea groups is 1. The molecule has 0 bridgehead atoms. The molecule has 3 rings (SSSR count). The fourth-order valence-corrected chi connectivity index (χ4v) is 2.88. The summed E-state index contributed by atoms with van der Waals surface area (Å²) in [7, 11) is 1.56. The van der Waals surface area contributed by atoms with Gasteiger partial charge in [-0.05, 0) is 36.6 Å². The van der Waals surface area contributed by atoms with Gasteiger partial charge in [0.2, 0.25) is 0 Å². The molecular weight excluding hydrogens is 312 g/mol. The van der Waals surface area contributed by atoms with Crippen molar-refractivity contribution in [2.24, 2.45) is 0 Å². The number of nitrogens with one attached hydrogen (secondary N) is 2. The number of ether oxygens (including phenoxy) is 1. The highest BCUT2D eigenvalue weighted by Gasteiger charge is 2.44. The Morgan fingerprint density at radius 3 is 2.61 bits per heavy atom. The molecule has 0 saturated heterocycles. The van der Waals surface area contributed by atoms with Crippen molar-refractivity contribution in [1.82, 2.24) is 5.32 Å². The van der Waals surface area contributed by atoms with Crippen LogP contribution in [0, 0.1) is 0 Å². The van der Waals surface area contributed by atoms with E-state index in [0.29, 0.717) is 23.0 Å². The third-order valence-corrected chi connectivity index (χ3v) is 4.47. The maximum Gasteiger partial charge on any atom is 0.319 e. The number of amides is 2. The summed E-state index contributed by atoms with van der Waals surface area (Å²) in [5.74, 6) is 0.578. The second kappa shape index (κ2) is 6.50. The number of hydrogen-bond acceptors (Lipinski definition) is 2. The van der Waals surface area contributed by atoms with E-state index in [4.69, 9.17) is 16.3 Å². The monoisotopic (exact) mass is 330 g/mol. The number of benzene rings is 2. The highest BCUT2D eigenvalue weighted by Crippen LogP contribution is 2.47. The van der Waals surface area contributed by atoms with Gasteiger partial charge in [0.25, 0.3) is 0 Å². The molecule has 0 atom stereocenters. The van der Waals surface area contributed by atoms with Gasteiger partial charge in [-0.15, -0.1) is 0 Å². The maximum absolute atomic E-state index is 12.2. The molecule has 1 fully saturated rings. The molecule has 0 spiro atoms. The SMILES string of the molecule is COc1ccc(Cl)cc1NC(=O)NCC1(c2ccccc2)CC1. The standard InChI is InChI=1S/C18H19ClN2O2/c1-23-16-8-7-14(19)11-15(16)21-17(22)20-12-18(9-10-18)13-5-3-2-4-6-13/h2-8,11H,9-10,12H2,1H3,(H2,20,21,22). The van der Waals surface area contributed by atoms with Crippen LogP contribution in [-0.4, -0.2) is 19.7 Å². The topological polar surface area (TPSA) is 50.4 Å². The first-order valence-electron chi connectivity index (χ1n) is 7.57. The first-order valence-corrected chi connectivity index (χ1v) is 7.95. The van der Waals surface area contributed by atoms with E-state index in [0.717, 1.165) is 12.8 Å². The molecule has 23 heavy (non-hydrogen) atoms. The van der Waals surface area contributed by atoms with Crippen molar-refractivity contribution in [2.45, 2.75) is 18.3 Å². The lowest BCUT2D eigenvalue weighted by Crippen LogP contribution is -2.35. The van der Waals surface area contributed by atoms with Gasteiger partial charge in [0, 0.05) is 17.0 Å². The number of halogens is 1. The van der Waals surface area contributed by atoms with Crippen LogP contribution in [0.4, 0.5) is 10.5 Å². The van der Waals surface area contributed by atoms with Gasteiger partial charge in [-0.2, -0.15) is 0 Å². The quantitative estimate of drug-likeness (QED) is 0.863.